The number of pyridine rings is 1. The van der Waals surface area contributed by atoms with Crippen LogP contribution in [0.5, 0.6) is 0 Å². The molecule has 0 saturated heterocycles. The zero-order valence-electron chi connectivity index (χ0n) is 15.2. The zero-order valence-corrected chi connectivity index (χ0v) is 15.9. The molecule has 0 saturated carbocycles. The van der Waals surface area contributed by atoms with Crippen LogP contribution < -0.4 is 5.32 Å². The van der Waals surface area contributed by atoms with Gasteiger partial charge in [-0.25, -0.2) is 4.98 Å². The van der Waals surface area contributed by atoms with Crippen molar-refractivity contribution in [2.24, 2.45) is 7.05 Å². The highest BCUT2D eigenvalue weighted by Gasteiger charge is 2.20. The van der Waals surface area contributed by atoms with Crippen molar-refractivity contribution < 1.29 is 9.21 Å². The van der Waals surface area contributed by atoms with E-state index in [0.29, 0.717) is 28.1 Å². The van der Waals surface area contributed by atoms with Crippen LogP contribution in [0, 0.1) is 6.92 Å². The van der Waals surface area contributed by atoms with E-state index in [4.69, 9.17) is 16.0 Å². The summed E-state index contributed by atoms with van der Waals surface area (Å²) in [6, 6.07) is 14.4. The van der Waals surface area contributed by atoms with E-state index in [1.165, 1.54) is 0 Å². The minimum absolute atomic E-state index is 0.144. The number of carbonyl (C=O) groups excluding carboxylic acids is 1. The summed E-state index contributed by atoms with van der Waals surface area (Å²) < 4.78 is 7.27. The third-order valence-electron chi connectivity index (χ3n) is 4.14. The molecule has 140 valence electrons. The van der Waals surface area contributed by atoms with Gasteiger partial charge in [-0.15, -0.1) is 0 Å². The first-order valence-corrected chi connectivity index (χ1v) is 8.89. The molecule has 1 amide bonds. The Kier molecular flexibility index (Phi) is 4.67. The smallest absolute Gasteiger partial charge is 0.294 e. The molecule has 0 radical (unpaired) electrons. The maximum Gasteiger partial charge on any atom is 0.294 e. The Morgan fingerprint density at radius 1 is 1.14 bits per heavy atom. The van der Waals surface area contributed by atoms with Crippen molar-refractivity contribution in [3.63, 3.8) is 0 Å². The molecule has 0 atom stereocenters. The number of amides is 1. The number of carbonyl (C=O) groups is 1. The predicted molar refractivity (Wildman–Crippen MR) is 106 cm³/mol. The van der Waals surface area contributed by atoms with Crippen LogP contribution in [-0.4, -0.2) is 25.7 Å². The van der Waals surface area contributed by atoms with Gasteiger partial charge < -0.3 is 9.73 Å². The van der Waals surface area contributed by atoms with E-state index in [0.717, 1.165) is 11.3 Å². The molecular formula is C20H16ClN5O2. The summed E-state index contributed by atoms with van der Waals surface area (Å²) in [7, 11) is 1.74. The summed E-state index contributed by atoms with van der Waals surface area (Å²) in [5.41, 5.74) is 2.62. The highest BCUT2D eigenvalue weighted by atomic mass is 35.5. The molecule has 0 bridgehead atoms. The second-order valence-corrected chi connectivity index (χ2v) is 6.58. The number of hydrogen-bond acceptors (Lipinski definition) is 5. The predicted octanol–water partition coefficient (Wildman–Crippen LogP) is 4.35. The van der Waals surface area contributed by atoms with Crippen LogP contribution in [0.3, 0.4) is 0 Å². The number of oxazole rings is 1. The summed E-state index contributed by atoms with van der Waals surface area (Å²) in [5.74, 6) is 0.624. The monoisotopic (exact) mass is 393 g/mol. The van der Waals surface area contributed by atoms with Gasteiger partial charge in [-0.1, -0.05) is 17.7 Å². The van der Waals surface area contributed by atoms with Crippen LogP contribution >= 0.6 is 11.6 Å². The highest BCUT2D eigenvalue weighted by molar-refractivity contribution is 6.30. The number of anilines is 1. The SMILES string of the molecule is Cc1nc(-c2ccc(Cl)cc2)oc1C(=O)Nc1cc(-c2ccccn2)nn1C. The number of hydrogen-bond donors (Lipinski definition) is 1. The topological polar surface area (TPSA) is 85.8 Å². The van der Waals surface area contributed by atoms with Gasteiger partial charge in [-0.3, -0.25) is 14.5 Å². The lowest BCUT2D eigenvalue weighted by atomic mass is 10.2. The molecule has 0 aliphatic carbocycles. The third-order valence-corrected chi connectivity index (χ3v) is 4.39. The van der Waals surface area contributed by atoms with Crippen molar-refractivity contribution >= 4 is 23.3 Å². The number of nitrogens with zero attached hydrogens (tertiary/aromatic N) is 4. The minimum atomic E-state index is -0.402. The fourth-order valence-corrected chi connectivity index (χ4v) is 2.85. The standard InChI is InChI=1S/C20H16ClN5O2/c1-12-18(28-20(23-12)13-6-8-14(21)9-7-13)19(27)24-17-11-16(25-26(17)2)15-5-3-4-10-22-15/h3-11H,1-2H3,(H,24,27). The zero-order chi connectivity index (χ0) is 19.7. The van der Waals surface area contributed by atoms with E-state index < -0.39 is 5.91 Å². The van der Waals surface area contributed by atoms with Crippen molar-refractivity contribution in [3.8, 4) is 22.8 Å². The largest absolute Gasteiger partial charge is 0.431 e. The lowest BCUT2D eigenvalue weighted by molar-refractivity contribution is 0.0995. The van der Waals surface area contributed by atoms with Gasteiger partial charge in [0.25, 0.3) is 5.91 Å². The van der Waals surface area contributed by atoms with Gasteiger partial charge in [0.2, 0.25) is 11.7 Å². The number of benzene rings is 1. The number of halogens is 1. The van der Waals surface area contributed by atoms with Crippen molar-refractivity contribution in [3.05, 3.63) is 71.2 Å². The fourth-order valence-electron chi connectivity index (χ4n) is 2.72. The lowest BCUT2D eigenvalue weighted by Gasteiger charge is -2.02. The van der Waals surface area contributed by atoms with Crippen LogP contribution in [0.15, 0.2) is 59.1 Å². The Hall–Kier alpha value is -3.45. The van der Waals surface area contributed by atoms with Gasteiger partial charge in [-0.05, 0) is 43.3 Å². The Labute approximate surface area is 166 Å². The Morgan fingerprint density at radius 2 is 1.93 bits per heavy atom. The molecule has 3 aromatic heterocycles. The van der Waals surface area contributed by atoms with Gasteiger partial charge >= 0.3 is 0 Å². The van der Waals surface area contributed by atoms with Crippen molar-refractivity contribution in [2.45, 2.75) is 6.92 Å². The molecule has 1 N–H and O–H groups in total. The van der Waals surface area contributed by atoms with E-state index in [2.05, 4.69) is 20.4 Å². The third kappa shape index (κ3) is 3.52. The normalized spacial score (nSPS) is 10.8. The van der Waals surface area contributed by atoms with Gasteiger partial charge in [-0.2, -0.15) is 5.10 Å². The van der Waals surface area contributed by atoms with Gasteiger partial charge in [0.15, 0.2) is 0 Å². The average Bonchev–Trinajstić information content (AvgIpc) is 3.26. The molecule has 8 heteroatoms. The van der Waals surface area contributed by atoms with Gasteiger partial charge in [0, 0.05) is 29.9 Å². The second-order valence-electron chi connectivity index (χ2n) is 6.15. The maximum atomic E-state index is 12.7. The summed E-state index contributed by atoms with van der Waals surface area (Å²) in [5, 5.41) is 7.82. The Morgan fingerprint density at radius 3 is 2.64 bits per heavy atom. The Balaban J connectivity index is 1.58. The molecule has 0 spiro atoms. The van der Waals surface area contributed by atoms with Crippen LogP contribution in [0.2, 0.25) is 5.02 Å². The van der Waals surface area contributed by atoms with Gasteiger partial charge in [0.1, 0.15) is 11.5 Å². The van der Waals surface area contributed by atoms with Crippen LogP contribution in [0.4, 0.5) is 5.82 Å². The molecule has 0 unspecified atom stereocenters. The van der Waals surface area contributed by atoms with Crippen LogP contribution in [0.25, 0.3) is 22.8 Å². The second kappa shape index (κ2) is 7.28. The van der Waals surface area contributed by atoms with Crippen LogP contribution in [-0.2, 0) is 7.05 Å². The quantitative estimate of drug-likeness (QED) is 0.557. The van der Waals surface area contributed by atoms with Crippen molar-refractivity contribution in [1.82, 2.24) is 19.7 Å². The van der Waals surface area contributed by atoms with E-state index in [9.17, 15) is 4.79 Å². The van der Waals surface area contributed by atoms with Gasteiger partial charge in [0.05, 0.1) is 11.4 Å². The lowest BCUT2D eigenvalue weighted by Crippen LogP contribution is -2.14. The highest BCUT2D eigenvalue weighted by Crippen LogP contribution is 2.25. The van der Waals surface area contributed by atoms with Crippen molar-refractivity contribution in [2.75, 3.05) is 5.32 Å². The van der Waals surface area contributed by atoms with Crippen molar-refractivity contribution in [1.29, 1.82) is 0 Å². The Bertz CT molecular complexity index is 1130. The molecule has 0 fully saturated rings. The number of rotatable bonds is 4. The molecule has 1 aromatic carbocycles. The van der Waals surface area contributed by atoms with E-state index >= 15 is 0 Å². The molecule has 0 aliphatic heterocycles. The molecular weight excluding hydrogens is 378 g/mol. The fraction of sp³-hybridized carbons (Fsp3) is 0.100. The van der Waals surface area contributed by atoms with E-state index in [1.54, 1.807) is 55.2 Å². The molecule has 0 aliphatic rings. The maximum absolute atomic E-state index is 12.7. The van der Waals surface area contributed by atoms with E-state index in [1.807, 2.05) is 18.2 Å². The molecule has 28 heavy (non-hydrogen) atoms. The summed E-state index contributed by atoms with van der Waals surface area (Å²) in [4.78, 5) is 21.3. The summed E-state index contributed by atoms with van der Waals surface area (Å²) in [6.07, 6.45) is 1.69. The first-order valence-electron chi connectivity index (χ1n) is 8.51. The minimum Gasteiger partial charge on any atom is -0.431 e. The molecule has 4 rings (SSSR count). The molecule has 3 heterocycles. The summed E-state index contributed by atoms with van der Waals surface area (Å²) >= 11 is 5.91. The first-order chi connectivity index (χ1) is 13.5. The summed E-state index contributed by atoms with van der Waals surface area (Å²) in [6.45, 7) is 1.72. The first kappa shape index (κ1) is 17.9. The number of aromatic nitrogens is 4. The average molecular weight is 394 g/mol. The van der Waals surface area contributed by atoms with Crippen LogP contribution in [0.1, 0.15) is 16.2 Å². The number of aryl methyl sites for hydroxylation is 2. The molecule has 4 aromatic rings. The van der Waals surface area contributed by atoms with E-state index in [-0.39, 0.29) is 5.76 Å². The number of nitrogens with one attached hydrogen (secondary N) is 1. The molecule has 7 nitrogen and oxygen atoms in total.